The van der Waals surface area contributed by atoms with Gasteiger partial charge in [-0.15, -0.1) is 0 Å². The zero-order valence-corrected chi connectivity index (χ0v) is 14.1. The van der Waals surface area contributed by atoms with Crippen LogP contribution in [0.15, 0.2) is 18.3 Å². The summed E-state index contributed by atoms with van der Waals surface area (Å²) in [4.78, 5) is 19.1. The van der Waals surface area contributed by atoms with Crippen LogP contribution in [0.3, 0.4) is 0 Å². The minimum atomic E-state index is 0.0338. The number of nitrogens with zero attached hydrogens (tertiary/aromatic N) is 2. The Morgan fingerprint density at radius 1 is 1.39 bits per heavy atom. The standard InChI is InChI=1S/C18H28N4O/c1-14-6-7-16(20-10-14)13-22-9-3-4-15(12-22)11-21-18(23)17-5-2-8-19-17/h6-7,10,15,17,19H,2-5,8-9,11-13H2,1H3,(H,21,23). The van der Waals surface area contributed by atoms with Crippen molar-refractivity contribution in [2.45, 2.75) is 45.2 Å². The van der Waals surface area contributed by atoms with Crippen molar-refractivity contribution < 1.29 is 4.79 Å². The predicted molar refractivity (Wildman–Crippen MR) is 91.0 cm³/mol. The van der Waals surface area contributed by atoms with Crippen molar-refractivity contribution in [3.05, 3.63) is 29.6 Å². The number of nitrogens with one attached hydrogen (secondary N) is 2. The molecule has 2 atom stereocenters. The Labute approximate surface area is 138 Å². The number of piperidine rings is 1. The van der Waals surface area contributed by atoms with Crippen LogP contribution in [0, 0.1) is 12.8 Å². The van der Waals surface area contributed by atoms with Gasteiger partial charge in [-0.2, -0.15) is 0 Å². The molecule has 1 amide bonds. The zero-order chi connectivity index (χ0) is 16.1. The maximum Gasteiger partial charge on any atom is 0.237 e. The Morgan fingerprint density at radius 2 is 2.30 bits per heavy atom. The van der Waals surface area contributed by atoms with Crippen molar-refractivity contribution >= 4 is 5.91 Å². The minimum absolute atomic E-state index is 0.0338. The van der Waals surface area contributed by atoms with Gasteiger partial charge in [-0.1, -0.05) is 6.07 Å². The summed E-state index contributed by atoms with van der Waals surface area (Å²) in [6, 6.07) is 4.27. The Balaban J connectivity index is 1.44. The number of carbonyl (C=O) groups excluding carboxylic acids is 1. The normalized spacial score (nSPS) is 25.4. The lowest BCUT2D eigenvalue weighted by atomic mass is 9.97. The third-order valence-electron chi connectivity index (χ3n) is 4.90. The first kappa shape index (κ1) is 16.4. The molecular formula is C18H28N4O. The fourth-order valence-corrected chi connectivity index (χ4v) is 3.56. The van der Waals surface area contributed by atoms with Crippen molar-refractivity contribution in [1.82, 2.24) is 20.5 Å². The topological polar surface area (TPSA) is 57.3 Å². The second-order valence-electron chi connectivity index (χ2n) is 6.96. The lowest BCUT2D eigenvalue weighted by Gasteiger charge is -2.32. The van der Waals surface area contributed by atoms with Crippen molar-refractivity contribution in [3.63, 3.8) is 0 Å². The quantitative estimate of drug-likeness (QED) is 0.864. The summed E-state index contributed by atoms with van der Waals surface area (Å²) >= 11 is 0. The molecule has 126 valence electrons. The Kier molecular flexibility index (Phi) is 5.62. The fourth-order valence-electron chi connectivity index (χ4n) is 3.56. The molecule has 2 unspecified atom stereocenters. The molecule has 0 aliphatic carbocycles. The molecule has 1 aromatic rings. The number of rotatable bonds is 5. The van der Waals surface area contributed by atoms with Crippen molar-refractivity contribution in [2.24, 2.45) is 5.92 Å². The van der Waals surface area contributed by atoms with E-state index in [4.69, 9.17) is 0 Å². The molecule has 5 nitrogen and oxygen atoms in total. The van der Waals surface area contributed by atoms with Crippen LogP contribution in [-0.4, -0.2) is 48.0 Å². The number of hydrogen-bond donors (Lipinski definition) is 2. The molecule has 3 heterocycles. The highest BCUT2D eigenvalue weighted by atomic mass is 16.2. The van der Waals surface area contributed by atoms with Gasteiger partial charge in [0.2, 0.25) is 5.91 Å². The number of aryl methyl sites for hydroxylation is 1. The molecule has 23 heavy (non-hydrogen) atoms. The van der Waals surface area contributed by atoms with Crippen LogP contribution in [0.5, 0.6) is 0 Å². The van der Waals surface area contributed by atoms with Crippen LogP contribution in [-0.2, 0) is 11.3 Å². The number of carbonyl (C=O) groups is 1. The minimum Gasteiger partial charge on any atom is -0.354 e. The molecule has 2 N–H and O–H groups in total. The smallest absolute Gasteiger partial charge is 0.237 e. The molecular weight excluding hydrogens is 288 g/mol. The first-order chi connectivity index (χ1) is 11.2. The van der Waals surface area contributed by atoms with Crippen LogP contribution >= 0.6 is 0 Å². The van der Waals surface area contributed by atoms with Gasteiger partial charge in [-0.25, -0.2) is 0 Å². The summed E-state index contributed by atoms with van der Waals surface area (Å²) in [5.74, 6) is 0.736. The van der Waals surface area contributed by atoms with Crippen molar-refractivity contribution in [2.75, 3.05) is 26.2 Å². The number of aromatic nitrogens is 1. The SMILES string of the molecule is Cc1ccc(CN2CCCC(CNC(=O)C3CCCN3)C2)nc1. The van der Waals surface area contributed by atoms with Crippen LogP contribution in [0.1, 0.15) is 36.9 Å². The average Bonchev–Trinajstić information content (AvgIpc) is 3.10. The molecule has 3 rings (SSSR count). The Bertz CT molecular complexity index is 510. The fraction of sp³-hybridized carbons (Fsp3) is 0.667. The summed E-state index contributed by atoms with van der Waals surface area (Å²) in [6.45, 7) is 6.93. The molecule has 0 spiro atoms. The third kappa shape index (κ3) is 4.75. The van der Waals surface area contributed by atoms with Gasteiger partial charge in [0.1, 0.15) is 0 Å². The number of amides is 1. The molecule has 0 saturated carbocycles. The van der Waals surface area contributed by atoms with Gasteiger partial charge in [0.15, 0.2) is 0 Å². The van der Waals surface area contributed by atoms with Crippen LogP contribution in [0.4, 0.5) is 0 Å². The molecule has 0 aromatic carbocycles. The molecule has 2 aliphatic heterocycles. The largest absolute Gasteiger partial charge is 0.354 e. The molecule has 2 aliphatic rings. The number of pyridine rings is 1. The zero-order valence-electron chi connectivity index (χ0n) is 14.1. The molecule has 2 saturated heterocycles. The lowest BCUT2D eigenvalue weighted by molar-refractivity contribution is -0.123. The predicted octanol–water partition coefficient (Wildman–Crippen LogP) is 1.47. The van der Waals surface area contributed by atoms with Crippen LogP contribution < -0.4 is 10.6 Å². The molecule has 2 fully saturated rings. The highest BCUT2D eigenvalue weighted by Gasteiger charge is 2.24. The Morgan fingerprint density at radius 3 is 3.04 bits per heavy atom. The number of hydrogen-bond acceptors (Lipinski definition) is 4. The second-order valence-corrected chi connectivity index (χ2v) is 6.96. The first-order valence-corrected chi connectivity index (χ1v) is 8.85. The van der Waals surface area contributed by atoms with Gasteiger partial charge in [0.25, 0.3) is 0 Å². The molecule has 5 heteroatoms. The van der Waals surface area contributed by atoms with Gasteiger partial charge >= 0.3 is 0 Å². The monoisotopic (exact) mass is 316 g/mol. The van der Waals surface area contributed by atoms with E-state index in [1.807, 2.05) is 6.20 Å². The number of likely N-dealkylation sites (tertiary alicyclic amines) is 1. The maximum atomic E-state index is 12.1. The van der Waals surface area contributed by atoms with E-state index in [2.05, 4.69) is 39.6 Å². The summed E-state index contributed by atoms with van der Waals surface area (Å²) < 4.78 is 0. The van der Waals surface area contributed by atoms with E-state index in [1.165, 1.54) is 18.4 Å². The third-order valence-corrected chi connectivity index (χ3v) is 4.90. The van der Waals surface area contributed by atoms with E-state index in [0.717, 1.165) is 51.3 Å². The average molecular weight is 316 g/mol. The highest BCUT2D eigenvalue weighted by molar-refractivity contribution is 5.81. The maximum absolute atomic E-state index is 12.1. The summed E-state index contributed by atoms with van der Waals surface area (Å²) in [5.41, 5.74) is 2.34. The van der Waals surface area contributed by atoms with E-state index < -0.39 is 0 Å². The summed E-state index contributed by atoms with van der Waals surface area (Å²) in [7, 11) is 0. The second kappa shape index (κ2) is 7.88. The summed E-state index contributed by atoms with van der Waals surface area (Å²) in [5, 5.41) is 6.40. The van der Waals surface area contributed by atoms with E-state index >= 15 is 0 Å². The van der Waals surface area contributed by atoms with Crippen LogP contribution in [0.25, 0.3) is 0 Å². The Hall–Kier alpha value is -1.46. The van der Waals surface area contributed by atoms with Crippen molar-refractivity contribution in [3.8, 4) is 0 Å². The van der Waals surface area contributed by atoms with E-state index in [9.17, 15) is 4.79 Å². The van der Waals surface area contributed by atoms with Gasteiger partial charge in [-0.3, -0.25) is 14.7 Å². The van der Waals surface area contributed by atoms with Gasteiger partial charge in [0.05, 0.1) is 11.7 Å². The van der Waals surface area contributed by atoms with Gasteiger partial charge in [-0.05, 0) is 63.2 Å². The van der Waals surface area contributed by atoms with Crippen molar-refractivity contribution in [1.29, 1.82) is 0 Å². The van der Waals surface area contributed by atoms with E-state index in [1.54, 1.807) is 0 Å². The van der Waals surface area contributed by atoms with E-state index in [-0.39, 0.29) is 11.9 Å². The molecule has 0 radical (unpaired) electrons. The van der Waals surface area contributed by atoms with Gasteiger partial charge < -0.3 is 10.6 Å². The molecule has 1 aromatic heterocycles. The van der Waals surface area contributed by atoms with Gasteiger partial charge in [0, 0.05) is 25.8 Å². The molecule has 0 bridgehead atoms. The first-order valence-electron chi connectivity index (χ1n) is 8.85. The highest BCUT2D eigenvalue weighted by Crippen LogP contribution is 2.18. The summed E-state index contributed by atoms with van der Waals surface area (Å²) in [6.07, 6.45) is 6.43. The lowest BCUT2D eigenvalue weighted by Crippen LogP contribution is -2.45. The van der Waals surface area contributed by atoms with Crippen LogP contribution in [0.2, 0.25) is 0 Å². The van der Waals surface area contributed by atoms with E-state index in [0.29, 0.717) is 5.92 Å².